The summed E-state index contributed by atoms with van der Waals surface area (Å²) in [5.41, 5.74) is 0.796. The summed E-state index contributed by atoms with van der Waals surface area (Å²) >= 11 is 10.4. The number of Topliss-reactive ketones (excluding diaryl/α,β-unsaturated/α-hetero) is 1. The molecule has 1 fully saturated rings. The van der Waals surface area contributed by atoms with Crippen molar-refractivity contribution in [1.29, 1.82) is 0 Å². The van der Waals surface area contributed by atoms with Gasteiger partial charge >= 0.3 is 0 Å². The Morgan fingerprint density at radius 3 is 2.83 bits per heavy atom. The fourth-order valence-corrected chi connectivity index (χ4v) is 6.04. The number of carbonyl (C=O) groups excluding carboxylic acids is 1. The first-order valence-corrected chi connectivity index (χ1v) is 9.28. The van der Waals surface area contributed by atoms with Crippen LogP contribution in [-0.2, 0) is 0 Å². The van der Waals surface area contributed by atoms with Crippen molar-refractivity contribution in [2.75, 3.05) is 18.8 Å². The average Bonchev–Trinajstić information content (AvgIpc) is 2.64. The molecule has 2 rings (SSSR count). The van der Waals surface area contributed by atoms with Crippen LogP contribution in [0.15, 0.2) is 13.6 Å². The van der Waals surface area contributed by atoms with Crippen molar-refractivity contribution < 1.29 is 4.79 Å². The Morgan fingerprint density at radius 2 is 2.22 bits per heavy atom. The molecule has 1 aromatic rings. The number of rotatable bonds is 3. The van der Waals surface area contributed by atoms with Crippen LogP contribution in [0.2, 0.25) is 0 Å². The Balaban J connectivity index is 2.05. The molecule has 0 spiro atoms. The third-order valence-corrected chi connectivity index (χ3v) is 7.00. The molecule has 2 unspecified atom stereocenters. The van der Waals surface area contributed by atoms with Gasteiger partial charge in [-0.1, -0.05) is 6.92 Å². The number of thiophene rings is 1. The van der Waals surface area contributed by atoms with Gasteiger partial charge in [0.15, 0.2) is 5.78 Å². The van der Waals surface area contributed by atoms with Crippen molar-refractivity contribution in [1.82, 2.24) is 4.90 Å². The maximum atomic E-state index is 12.3. The lowest BCUT2D eigenvalue weighted by Crippen LogP contribution is -2.46. The normalized spacial score (nSPS) is 25.3. The van der Waals surface area contributed by atoms with Gasteiger partial charge in [-0.2, -0.15) is 11.8 Å². The van der Waals surface area contributed by atoms with Gasteiger partial charge in [0.25, 0.3) is 0 Å². The van der Waals surface area contributed by atoms with E-state index in [9.17, 15) is 4.79 Å². The number of thioether (sulfide) groups is 1. The zero-order chi connectivity index (χ0) is 13.3. The third kappa shape index (κ3) is 3.39. The third-order valence-electron chi connectivity index (χ3n) is 3.32. The zero-order valence-electron chi connectivity index (χ0n) is 10.3. The fourth-order valence-electron chi connectivity index (χ4n) is 2.02. The van der Waals surface area contributed by atoms with Crippen LogP contribution in [0.4, 0.5) is 0 Å². The molecule has 0 aliphatic carbocycles. The van der Waals surface area contributed by atoms with Crippen molar-refractivity contribution in [3.05, 3.63) is 19.2 Å². The Morgan fingerprint density at radius 1 is 1.50 bits per heavy atom. The van der Waals surface area contributed by atoms with Crippen molar-refractivity contribution in [2.24, 2.45) is 0 Å². The second kappa shape index (κ2) is 6.39. The number of nitrogens with zero attached hydrogens (tertiary/aromatic N) is 1. The van der Waals surface area contributed by atoms with Gasteiger partial charge in [0.1, 0.15) is 0 Å². The summed E-state index contributed by atoms with van der Waals surface area (Å²) < 4.78 is 1.92. The molecule has 0 bridgehead atoms. The molecule has 0 amide bonds. The molecule has 1 aliphatic rings. The van der Waals surface area contributed by atoms with Crippen LogP contribution in [0.5, 0.6) is 0 Å². The second-order valence-electron chi connectivity index (χ2n) is 4.45. The summed E-state index contributed by atoms with van der Waals surface area (Å²) in [5.74, 6) is 1.32. The van der Waals surface area contributed by atoms with Crippen LogP contribution in [-0.4, -0.2) is 40.8 Å². The van der Waals surface area contributed by atoms with E-state index in [4.69, 9.17) is 0 Å². The maximum Gasteiger partial charge on any atom is 0.178 e. The van der Waals surface area contributed by atoms with Crippen LogP contribution in [0.1, 0.15) is 24.2 Å². The summed E-state index contributed by atoms with van der Waals surface area (Å²) in [4.78, 5) is 14.6. The van der Waals surface area contributed by atoms with E-state index in [1.807, 2.05) is 17.8 Å². The lowest BCUT2D eigenvalue weighted by atomic mass is 10.1. The quantitative estimate of drug-likeness (QED) is 0.691. The fraction of sp³-hybridized carbons (Fsp3) is 0.583. The number of hydrogen-bond acceptors (Lipinski definition) is 4. The van der Waals surface area contributed by atoms with Gasteiger partial charge in [-0.25, -0.2) is 0 Å². The summed E-state index contributed by atoms with van der Waals surface area (Å²) in [6, 6.07) is 2.37. The number of halogens is 2. The Bertz CT molecular complexity index is 449. The van der Waals surface area contributed by atoms with Crippen molar-refractivity contribution in [2.45, 2.75) is 25.1 Å². The Kier molecular flexibility index (Phi) is 5.34. The van der Waals surface area contributed by atoms with Gasteiger partial charge in [-0.3, -0.25) is 9.69 Å². The van der Waals surface area contributed by atoms with Crippen molar-refractivity contribution >= 4 is 60.7 Å². The largest absolute Gasteiger partial charge is 0.293 e. The van der Waals surface area contributed by atoms with Crippen LogP contribution in [0.25, 0.3) is 0 Å². The maximum absolute atomic E-state index is 12.3. The Hall–Kier alpha value is 0.640. The predicted octanol–water partition coefficient (Wildman–Crippen LogP) is 4.28. The van der Waals surface area contributed by atoms with E-state index in [2.05, 4.69) is 50.6 Å². The van der Waals surface area contributed by atoms with E-state index in [0.717, 1.165) is 25.4 Å². The molecule has 0 radical (unpaired) electrons. The first-order chi connectivity index (χ1) is 8.49. The van der Waals surface area contributed by atoms with Crippen LogP contribution in [0, 0.1) is 0 Å². The molecule has 1 aromatic heterocycles. The average molecular weight is 413 g/mol. The molecule has 1 saturated heterocycles. The highest BCUT2D eigenvalue weighted by Crippen LogP contribution is 2.32. The topological polar surface area (TPSA) is 20.3 Å². The molecule has 18 heavy (non-hydrogen) atoms. The standard InChI is InChI=1S/C12H15Br2NOS2/c1-7-8(2)17-4-3-15(7)6-10(16)9-5-11(13)18-12(9)14/h5,7-8H,3-4,6H2,1-2H3. The summed E-state index contributed by atoms with van der Waals surface area (Å²) in [7, 11) is 0. The van der Waals surface area contributed by atoms with Gasteiger partial charge in [-0.05, 0) is 44.8 Å². The molecule has 0 saturated carbocycles. The lowest BCUT2D eigenvalue weighted by Gasteiger charge is -2.36. The number of ketones is 1. The smallest absolute Gasteiger partial charge is 0.178 e. The molecule has 0 N–H and O–H groups in total. The van der Waals surface area contributed by atoms with E-state index < -0.39 is 0 Å². The number of hydrogen-bond donors (Lipinski definition) is 0. The zero-order valence-corrected chi connectivity index (χ0v) is 15.1. The minimum Gasteiger partial charge on any atom is -0.293 e. The van der Waals surface area contributed by atoms with Crippen LogP contribution in [0.3, 0.4) is 0 Å². The van der Waals surface area contributed by atoms with Crippen LogP contribution >= 0.6 is 55.0 Å². The van der Waals surface area contributed by atoms with Crippen molar-refractivity contribution in [3.8, 4) is 0 Å². The first kappa shape index (κ1) is 15.0. The molecule has 2 heterocycles. The molecule has 0 aromatic carbocycles. The molecule has 100 valence electrons. The van der Waals surface area contributed by atoms with E-state index >= 15 is 0 Å². The molecule has 2 nitrogen and oxygen atoms in total. The molecule has 1 aliphatic heterocycles. The van der Waals surface area contributed by atoms with Gasteiger partial charge in [0.2, 0.25) is 0 Å². The minimum atomic E-state index is 0.203. The highest BCUT2D eigenvalue weighted by Gasteiger charge is 2.27. The van der Waals surface area contributed by atoms with E-state index in [1.54, 1.807) is 11.3 Å². The predicted molar refractivity (Wildman–Crippen MR) is 87.0 cm³/mol. The molecule has 2 atom stereocenters. The molecule has 6 heteroatoms. The monoisotopic (exact) mass is 411 g/mol. The van der Waals surface area contributed by atoms with Gasteiger partial charge in [0.05, 0.1) is 14.1 Å². The van der Waals surface area contributed by atoms with Gasteiger partial charge in [0, 0.05) is 29.2 Å². The minimum absolute atomic E-state index is 0.203. The molecular formula is C12H15Br2NOS2. The second-order valence-corrected chi connectivity index (χ2v) is 9.68. The summed E-state index contributed by atoms with van der Waals surface area (Å²) in [6.07, 6.45) is 0. The van der Waals surface area contributed by atoms with Crippen LogP contribution < -0.4 is 0 Å². The van der Waals surface area contributed by atoms with Crippen molar-refractivity contribution in [3.63, 3.8) is 0 Å². The van der Waals surface area contributed by atoms with Gasteiger partial charge < -0.3 is 0 Å². The SMILES string of the molecule is CC1SCCN(CC(=O)c2cc(Br)sc2Br)C1C. The lowest BCUT2D eigenvalue weighted by molar-refractivity contribution is 0.0901. The van der Waals surface area contributed by atoms with E-state index in [0.29, 0.717) is 17.8 Å². The first-order valence-electron chi connectivity index (χ1n) is 5.82. The molecular weight excluding hydrogens is 398 g/mol. The highest BCUT2D eigenvalue weighted by molar-refractivity contribution is 9.12. The summed E-state index contributed by atoms with van der Waals surface area (Å²) in [5, 5.41) is 0.601. The van der Waals surface area contributed by atoms with Gasteiger partial charge in [-0.15, -0.1) is 11.3 Å². The van der Waals surface area contributed by atoms with E-state index in [1.165, 1.54) is 0 Å². The highest BCUT2D eigenvalue weighted by atomic mass is 79.9. The number of carbonyl (C=O) groups is 1. The van der Waals surface area contributed by atoms with E-state index in [-0.39, 0.29) is 5.78 Å². The summed E-state index contributed by atoms with van der Waals surface area (Å²) in [6.45, 7) is 5.98. The Labute approximate surface area is 133 Å².